The first-order valence-corrected chi connectivity index (χ1v) is 13.4. The highest BCUT2D eigenvalue weighted by atomic mass is 35.5. The zero-order valence-electron chi connectivity index (χ0n) is 18.3. The van der Waals surface area contributed by atoms with Crippen molar-refractivity contribution in [2.75, 3.05) is 12.0 Å². The van der Waals surface area contributed by atoms with Crippen LogP contribution in [0.1, 0.15) is 12.5 Å². The van der Waals surface area contributed by atoms with Crippen molar-refractivity contribution in [3.63, 3.8) is 0 Å². The van der Waals surface area contributed by atoms with Gasteiger partial charge in [-0.3, -0.25) is 5.43 Å². The predicted molar refractivity (Wildman–Crippen MR) is 141 cm³/mol. The molecule has 3 aromatic carbocycles. The molecule has 0 saturated heterocycles. The zero-order valence-corrected chi connectivity index (χ0v) is 21.5. The molecule has 4 aromatic rings. The van der Waals surface area contributed by atoms with E-state index in [2.05, 4.69) is 15.5 Å². The number of halogens is 2. The van der Waals surface area contributed by atoms with Crippen LogP contribution in [-0.2, 0) is 10.1 Å². The second-order valence-electron chi connectivity index (χ2n) is 7.02. The van der Waals surface area contributed by atoms with Crippen LogP contribution < -0.4 is 14.3 Å². The Bertz CT molecular complexity index is 1460. The average Bonchev–Trinajstić information content (AvgIpc) is 3.30. The number of ether oxygens (including phenoxy) is 1. The summed E-state index contributed by atoms with van der Waals surface area (Å²) in [6, 6.07) is 18.0. The minimum atomic E-state index is -4.00. The molecule has 11 heteroatoms. The van der Waals surface area contributed by atoms with Crippen molar-refractivity contribution in [2.45, 2.75) is 11.8 Å². The Morgan fingerprint density at radius 2 is 1.86 bits per heavy atom. The predicted octanol–water partition coefficient (Wildman–Crippen LogP) is 6.73. The first-order valence-electron chi connectivity index (χ1n) is 10.3. The van der Waals surface area contributed by atoms with Crippen LogP contribution in [0.2, 0.25) is 10.0 Å². The molecule has 0 radical (unpaired) electrons. The Labute approximate surface area is 217 Å². The third-order valence-electron chi connectivity index (χ3n) is 4.58. The van der Waals surface area contributed by atoms with Crippen LogP contribution in [0.25, 0.3) is 11.3 Å². The van der Waals surface area contributed by atoms with Crippen molar-refractivity contribution in [3.8, 4) is 22.8 Å². The highest BCUT2D eigenvalue weighted by Gasteiger charge is 2.19. The van der Waals surface area contributed by atoms with E-state index in [1.54, 1.807) is 55.6 Å². The smallest absolute Gasteiger partial charge is 0.339 e. The minimum Gasteiger partial charge on any atom is -0.490 e. The van der Waals surface area contributed by atoms with Gasteiger partial charge < -0.3 is 8.92 Å². The van der Waals surface area contributed by atoms with Gasteiger partial charge in [0.1, 0.15) is 4.90 Å². The molecule has 180 valence electrons. The van der Waals surface area contributed by atoms with Gasteiger partial charge in [0.25, 0.3) is 0 Å². The van der Waals surface area contributed by atoms with Gasteiger partial charge in [0, 0.05) is 16.0 Å². The molecule has 0 bridgehead atoms. The van der Waals surface area contributed by atoms with E-state index in [0.29, 0.717) is 33.0 Å². The number of anilines is 1. The second-order valence-corrected chi connectivity index (χ2v) is 10.3. The Balaban J connectivity index is 1.47. The fourth-order valence-electron chi connectivity index (χ4n) is 3.00. The Morgan fingerprint density at radius 1 is 1.06 bits per heavy atom. The molecule has 0 unspecified atom stereocenters. The fraction of sp³-hybridized carbons (Fsp3) is 0.0833. The summed E-state index contributed by atoms with van der Waals surface area (Å²) in [5, 5.41) is 7.71. The monoisotopic (exact) mass is 547 g/mol. The maximum absolute atomic E-state index is 12.6. The van der Waals surface area contributed by atoms with Gasteiger partial charge in [-0.05, 0) is 61.0 Å². The van der Waals surface area contributed by atoms with Crippen molar-refractivity contribution >= 4 is 56.0 Å². The van der Waals surface area contributed by atoms with Crippen LogP contribution in [0, 0.1) is 0 Å². The van der Waals surface area contributed by atoms with Gasteiger partial charge in [-0.25, -0.2) is 4.98 Å². The number of nitrogens with zero attached hydrogens (tertiary/aromatic N) is 2. The molecule has 0 aliphatic carbocycles. The van der Waals surface area contributed by atoms with E-state index < -0.39 is 10.1 Å². The second kappa shape index (κ2) is 11.1. The SMILES string of the molecule is CCOc1cc(/C=N\Nc2nc(-c3ccc(Cl)cc3Cl)cs2)ccc1OS(=O)(=O)c1ccccc1. The normalized spacial score (nSPS) is 11.5. The lowest BCUT2D eigenvalue weighted by molar-refractivity contribution is 0.327. The number of thiazole rings is 1. The van der Waals surface area contributed by atoms with E-state index >= 15 is 0 Å². The highest BCUT2D eigenvalue weighted by molar-refractivity contribution is 7.87. The first-order chi connectivity index (χ1) is 16.9. The molecule has 0 aliphatic rings. The Hall–Kier alpha value is -3.11. The fourth-order valence-corrected chi connectivity index (χ4v) is 5.13. The minimum absolute atomic E-state index is 0.0555. The van der Waals surface area contributed by atoms with E-state index in [1.807, 2.05) is 11.4 Å². The lowest BCUT2D eigenvalue weighted by Crippen LogP contribution is -2.10. The molecule has 1 aromatic heterocycles. The summed E-state index contributed by atoms with van der Waals surface area (Å²) in [5.41, 5.74) is 5.02. The third kappa shape index (κ3) is 6.32. The van der Waals surface area contributed by atoms with Crippen LogP contribution >= 0.6 is 34.5 Å². The van der Waals surface area contributed by atoms with Crippen molar-refractivity contribution < 1.29 is 17.3 Å². The third-order valence-corrected chi connectivity index (χ3v) is 7.13. The summed E-state index contributed by atoms with van der Waals surface area (Å²) in [7, 11) is -4.00. The Kier molecular flexibility index (Phi) is 7.92. The molecule has 0 atom stereocenters. The molecular formula is C24H19Cl2N3O4S2. The number of hydrogen-bond acceptors (Lipinski definition) is 8. The van der Waals surface area contributed by atoms with Crippen molar-refractivity contribution in [3.05, 3.63) is 87.7 Å². The summed E-state index contributed by atoms with van der Waals surface area (Å²) in [6.07, 6.45) is 1.56. The standard InChI is InChI=1S/C24H19Cl2N3O4S2/c1-2-32-23-12-16(8-11-22(23)33-35(30,31)18-6-4-3-5-7-18)14-27-29-24-28-21(15-34-24)19-10-9-17(25)13-20(19)26/h3-15H,2H2,1H3,(H,28,29)/b27-14-. The van der Waals surface area contributed by atoms with Crippen molar-refractivity contribution in [2.24, 2.45) is 5.10 Å². The van der Waals surface area contributed by atoms with E-state index in [-0.39, 0.29) is 16.4 Å². The molecule has 0 fully saturated rings. The van der Waals surface area contributed by atoms with Gasteiger partial charge in [0.15, 0.2) is 11.5 Å². The molecule has 1 N–H and O–H groups in total. The number of nitrogens with one attached hydrogen (secondary N) is 1. The topological polar surface area (TPSA) is 89.9 Å². The highest BCUT2D eigenvalue weighted by Crippen LogP contribution is 2.33. The molecule has 1 heterocycles. The number of hydrogen-bond donors (Lipinski definition) is 1. The molecule has 0 spiro atoms. The van der Waals surface area contributed by atoms with Crippen molar-refractivity contribution in [1.82, 2.24) is 4.98 Å². The number of aromatic nitrogens is 1. The summed E-state index contributed by atoms with van der Waals surface area (Å²) in [6.45, 7) is 2.13. The van der Waals surface area contributed by atoms with Crippen LogP contribution in [-0.4, -0.2) is 26.2 Å². The first kappa shape index (κ1) is 25.0. The zero-order chi connectivity index (χ0) is 24.8. The molecule has 0 aliphatic heterocycles. The summed E-state index contributed by atoms with van der Waals surface area (Å²) in [4.78, 5) is 4.54. The summed E-state index contributed by atoms with van der Waals surface area (Å²) < 4.78 is 36.1. The molecule has 35 heavy (non-hydrogen) atoms. The van der Waals surface area contributed by atoms with Gasteiger partial charge in [0.05, 0.1) is 23.5 Å². The molecule has 0 amide bonds. The maximum atomic E-state index is 12.6. The van der Waals surface area contributed by atoms with Gasteiger partial charge >= 0.3 is 10.1 Å². The number of hydrazone groups is 1. The molecule has 7 nitrogen and oxygen atoms in total. The van der Waals surface area contributed by atoms with E-state index in [4.69, 9.17) is 32.1 Å². The van der Waals surface area contributed by atoms with Crippen LogP contribution in [0.3, 0.4) is 0 Å². The van der Waals surface area contributed by atoms with Gasteiger partial charge in [-0.15, -0.1) is 11.3 Å². The summed E-state index contributed by atoms with van der Waals surface area (Å²) >= 11 is 13.6. The van der Waals surface area contributed by atoms with E-state index in [9.17, 15) is 8.42 Å². The van der Waals surface area contributed by atoms with E-state index in [0.717, 1.165) is 5.56 Å². The van der Waals surface area contributed by atoms with Crippen LogP contribution in [0.4, 0.5) is 5.13 Å². The van der Waals surface area contributed by atoms with Crippen molar-refractivity contribution in [1.29, 1.82) is 0 Å². The molecule has 0 saturated carbocycles. The molecule has 4 rings (SSSR count). The van der Waals surface area contributed by atoms with Gasteiger partial charge in [-0.1, -0.05) is 41.4 Å². The van der Waals surface area contributed by atoms with E-state index in [1.165, 1.54) is 29.5 Å². The largest absolute Gasteiger partial charge is 0.490 e. The van der Waals surface area contributed by atoms with Gasteiger partial charge in [-0.2, -0.15) is 13.5 Å². The number of rotatable bonds is 9. The summed E-state index contributed by atoms with van der Waals surface area (Å²) in [5.74, 6) is 0.370. The Morgan fingerprint density at radius 3 is 2.60 bits per heavy atom. The lowest BCUT2D eigenvalue weighted by Gasteiger charge is -2.12. The average molecular weight is 548 g/mol. The van der Waals surface area contributed by atoms with Crippen LogP contribution in [0.15, 0.2) is 82.1 Å². The quantitative estimate of drug-likeness (QED) is 0.142. The maximum Gasteiger partial charge on any atom is 0.339 e. The van der Waals surface area contributed by atoms with Crippen LogP contribution in [0.5, 0.6) is 11.5 Å². The number of benzene rings is 3. The lowest BCUT2D eigenvalue weighted by atomic mass is 10.2. The van der Waals surface area contributed by atoms with Gasteiger partial charge in [0.2, 0.25) is 5.13 Å². The molecular weight excluding hydrogens is 529 g/mol.